The Bertz CT molecular complexity index is 1110. The van der Waals surface area contributed by atoms with Crippen molar-refractivity contribution in [2.24, 2.45) is 0 Å². The van der Waals surface area contributed by atoms with Gasteiger partial charge in [0.15, 0.2) is 0 Å². The van der Waals surface area contributed by atoms with Crippen LogP contribution < -0.4 is 10.9 Å². The first-order valence-corrected chi connectivity index (χ1v) is 6.37. The van der Waals surface area contributed by atoms with Gasteiger partial charge in [0.1, 0.15) is 0 Å². The lowest BCUT2D eigenvalue weighted by Gasteiger charge is -2.33. The Morgan fingerprint density at radius 3 is 1.33 bits per heavy atom. The van der Waals surface area contributed by atoms with Gasteiger partial charge in [-0.25, -0.2) is 0 Å². The van der Waals surface area contributed by atoms with Crippen molar-refractivity contribution in [1.29, 1.82) is 0 Å². The molecule has 0 unspecified atom stereocenters. The van der Waals surface area contributed by atoms with Crippen LogP contribution in [0.25, 0.3) is 0 Å². The van der Waals surface area contributed by atoms with Gasteiger partial charge in [-0.15, -0.1) is 0 Å². The lowest BCUT2D eigenvalue weighted by atomic mass is 9.26. The second-order valence-corrected chi connectivity index (χ2v) is 5.88. The number of benzene rings is 2. The van der Waals surface area contributed by atoms with Crippen molar-refractivity contribution in [3.63, 3.8) is 0 Å². The van der Waals surface area contributed by atoms with Gasteiger partial charge >= 0.3 is 0 Å². The summed E-state index contributed by atoms with van der Waals surface area (Å²) in [4.78, 5) is 0. The summed E-state index contributed by atoms with van der Waals surface area (Å²) in [6, 6.07) is -6.07. The smallest absolute Gasteiger partial charge is 0.0679 e. The highest BCUT2D eigenvalue weighted by molar-refractivity contribution is 6.88. The maximum atomic E-state index is 8.39. The summed E-state index contributed by atoms with van der Waals surface area (Å²) in [5.41, 5.74) is -5.40. The van der Waals surface area contributed by atoms with E-state index in [0.717, 1.165) is 0 Å². The summed E-state index contributed by atoms with van der Waals surface area (Å²) in [5, 5.41) is -1.44. The second-order valence-electron chi connectivity index (χ2n) is 5.88. The fourth-order valence-electron chi connectivity index (χ4n) is 2.42. The molecule has 2 rings (SSSR count). The van der Waals surface area contributed by atoms with E-state index in [1.165, 1.54) is 20.8 Å². The molecule has 0 fully saturated rings. The molecule has 0 nitrogen and oxygen atoms in total. The van der Waals surface area contributed by atoms with Gasteiger partial charge in [0, 0.05) is 16.4 Å². The van der Waals surface area contributed by atoms with Gasteiger partial charge in [-0.2, -0.15) is 0 Å². The van der Waals surface area contributed by atoms with Gasteiger partial charge in [0.2, 0.25) is 6.71 Å². The number of hydrogen-bond donors (Lipinski definition) is 0. The summed E-state index contributed by atoms with van der Waals surface area (Å²) >= 11 is 0. The molecular formula is C20H27B. The van der Waals surface area contributed by atoms with E-state index in [4.69, 9.17) is 24.7 Å². The quantitative estimate of drug-likeness (QED) is 0.724. The van der Waals surface area contributed by atoms with Crippen LogP contribution in [0.5, 0.6) is 0 Å². The third-order valence-electron chi connectivity index (χ3n) is 3.27. The summed E-state index contributed by atoms with van der Waals surface area (Å²) in [5.74, 6) is 0. The summed E-state index contributed by atoms with van der Waals surface area (Å²) in [6.45, 7) is -10.7. The molecular weight excluding hydrogens is 251 g/mol. The summed E-state index contributed by atoms with van der Waals surface area (Å²) < 4.78 is 147. The maximum absolute atomic E-state index is 8.39. The molecule has 0 N–H and O–H groups in total. The molecule has 0 aliphatic carbocycles. The minimum Gasteiger partial charge on any atom is -0.0679 e. The second kappa shape index (κ2) is 5.71. The van der Waals surface area contributed by atoms with E-state index in [9.17, 15) is 0 Å². The molecule has 21 heavy (non-hydrogen) atoms. The highest BCUT2D eigenvalue weighted by atomic mass is 14.2. The van der Waals surface area contributed by atoms with E-state index < -0.39 is 109 Å². The molecule has 0 spiro atoms. The normalized spacial score (nSPS) is 26.4. The van der Waals surface area contributed by atoms with Crippen LogP contribution in [-0.2, 0) is 0 Å². The predicted octanol–water partition coefficient (Wildman–Crippen LogP) is 4.33. The van der Waals surface area contributed by atoms with Crippen LogP contribution >= 0.6 is 0 Å². The monoisotopic (exact) mass is 296 g/mol. The van der Waals surface area contributed by atoms with Crippen molar-refractivity contribution in [3.05, 3.63) is 58.5 Å². The Balaban J connectivity index is 3.59. The molecule has 0 aliphatic heterocycles. The van der Waals surface area contributed by atoms with E-state index >= 15 is 0 Å². The Kier molecular flexibility index (Phi) is 1.23. The van der Waals surface area contributed by atoms with Gasteiger partial charge in [-0.1, -0.05) is 95.5 Å². The maximum Gasteiger partial charge on any atom is 0.216 e. The van der Waals surface area contributed by atoms with E-state index in [1.54, 1.807) is 0 Å². The Labute approximate surface area is 156 Å². The molecule has 0 saturated carbocycles. The summed E-state index contributed by atoms with van der Waals surface area (Å²) in [6.07, 6.45) is 0. The first-order valence-electron chi connectivity index (χ1n) is 15.4. The summed E-state index contributed by atoms with van der Waals surface area (Å²) in [7, 11) is 0. The van der Waals surface area contributed by atoms with Crippen molar-refractivity contribution >= 4 is 17.6 Å². The van der Waals surface area contributed by atoms with Crippen LogP contribution in [0.2, 0.25) is 5.31 Å². The van der Waals surface area contributed by atoms with Gasteiger partial charge in [-0.05, 0) is 27.4 Å². The zero-order valence-electron chi connectivity index (χ0n) is 30.1. The fraction of sp³-hybridized carbons (Fsp3) is 0.400. The standard InChI is InChI=1S/C20H27B/c1-14-10-8-11-15(2)18(14)21(20(5,6)7)19-16(3)12-9-13-17(19)4/h8-13H,1-7H3/i1D3,2D3,3D3,4D3,8D,9D,10D,11D,12D,13D. The van der Waals surface area contributed by atoms with Crippen LogP contribution in [-0.4, -0.2) is 6.71 Å². The fourth-order valence-corrected chi connectivity index (χ4v) is 2.42. The predicted molar refractivity (Wildman–Crippen MR) is 96.6 cm³/mol. The van der Waals surface area contributed by atoms with Crippen molar-refractivity contribution in [2.45, 2.75) is 53.5 Å². The van der Waals surface area contributed by atoms with E-state index in [1.807, 2.05) is 0 Å². The van der Waals surface area contributed by atoms with E-state index in [2.05, 4.69) is 0 Å². The average Bonchev–Trinajstić information content (AvgIpc) is 2.65. The van der Waals surface area contributed by atoms with Gasteiger partial charge in [-0.3, -0.25) is 0 Å². The molecule has 0 saturated heterocycles. The molecule has 0 atom stereocenters. The molecule has 2 aromatic carbocycles. The van der Waals surface area contributed by atoms with E-state index in [0.29, 0.717) is 0 Å². The zero-order valence-corrected chi connectivity index (χ0v) is 12.1. The third kappa shape index (κ3) is 3.07. The van der Waals surface area contributed by atoms with Crippen LogP contribution in [0.15, 0.2) is 36.3 Å². The number of hydrogen-bond acceptors (Lipinski definition) is 0. The molecule has 0 heterocycles. The SMILES string of the molecule is [2H]c1c([2H])c(C([2H])([2H])[2H])c(B(c2c(C([2H])([2H])[2H])c([2H])c([2H])c([2H])c2C([2H])([2H])[2H])C(C)(C)C)c(C([2H])([2H])[2H])c1[2H]. The molecule has 0 amide bonds. The molecule has 0 bridgehead atoms. The van der Waals surface area contributed by atoms with E-state index in [-0.39, 0.29) is 0 Å². The zero-order chi connectivity index (χ0) is 31.0. The highest BCUT2D eigenvalue weighted by Gasteiger charge is 2.35. The van der Waals surface area contributed by atoms with Gasteiger partial charge < -0.3 is 0 Å². The molecule has 110 valence electrons. The molecule has 1 heteroatoms. The van der Waals surface area contributed by atoms with Gasteiger partial charge in [0.25, 0.3) is 0 Å². The van der Waals surface area contributed by atoms with Crippen LogP contribution in [0.4, 0.5) is 0 Å². The minimum atomic E-state index is -3.28. The van der Waals surface area contributed by atoms with Crippen molar-refractivity contribution in [3.8, 4) is 0 Å². The minimum absolute atomic E-state index is 0.749. The Morgan fingerprint density at radius 1 is 0.762 bits per heavy atom. The Hall–Kier alpha value is -1.50. The Morgan fingerprint density at radius 2 is 1.10 bits per heavy atom. The van der Waals surface area contributed by atoms with Crippen molar-refractivity contribution in [1.82, 2.24) is 0 Å². The van der Waals surface area contributed by atoms with Gasteiger partial charge in [0.05, 0.1) is 8.22 Å². The first kappa shape index (κ1) is 4.50. The van der Waals surface area contributed by atoms with Crippen molar-refractivity contribution in [2.75, 3.05) is 0 Å². The van der Waals surface area contributed by atoms with Crippen molar-refractivity contribution < 1.29 is 24.7 Å². The van der Waals surface area contributed by atoms with Crippen LogP contribution in [0.3, 0.4) is 0 Å². The number of rotatable bonds is 2. The molecule has 0 aromatic heterocycles. The average molecular weight is 296 g/mol. The molecule has 2 aromatic rings. The largest absolute Gasteiger partial charge is 0.216 e. The van der Waals surface area contributed by atoms with Crippen LogP contribution in [0.1, 0.15) is 67.7 Å². The first-order chi connectivity index (χ1) is 17.1. The molecule has 0 radical (unpaired) electrons. The lowest BCUT2D eigenvalue weighted by Crippen LogP contribution is -2.53. The molecule has 0 aliphatic rings. The third-order valence-corrected chi connectivity index (χ3v) is 3.27. The van der Waals surface area contributed by atoms with Crippen LogP contribution in [0, 0.1) is 27.4 Å². The lowest BCUT2D eigenvalue weighted by molar-refractivity contribution is 0.749. The highest BCUT2D eigenvalue weighted by Crippen LogP contribution is 2.29. The topological polar surface area (TPSA) is 0 Å².